The van der Waals surface area contributed by atoms with Crippen LogP contribution in [0.4, 0.5) is 11.4 Å². The average molecular weight is 546 g/mol. The molecule has 8 nitrogen and oxygen atoms in total. The van der Waals surface area contributed by atoms with E-state index in [1.165, 1.54) is 0 Å². The maximum Gasteiger partial charge on any atom is 0.255 e. The molecule has 0 spiro atoms. The zero-order valence-electron chi connectivity index (χ0n) is 21.7. The monoisotopic (exact) mass is 545 g/mol. The second kappa shape index (κ2) is 12.3. The van der Waals surface area contributed by atoms with Gasteiger partial charge in [0.05, 0.1) is 11.4 Å². The topological polar surface area (TPSA) is 85.0 Å². The van der Waals surface area contributed by atoms with Crippen LogP contribution in [0.3, 0.4) is 0 Å². The molecule has 2 heterocycles. The minimum absolute atomic E-state index is 0.0175. The molecule has 2 N–H and O–H groups in total. The highest BCUT2D eigenvalue weighted by Gasteiger charge is 2.24. The summed E-state index contributed by atoms with van der Waals surface area (Å²) in [4.78, 5) is 45.4. The fourth-order valence-electron chi connectivity index (χ4n) is 5.04. The third kappa shape index (κ3) is 6.41. The first-order valence-electron chi connectivity index (χ1n) is 13.3. The molecule has 0 aromatic heterocycles. The number of anilines is 2. The van der Waals surface area contributed by atoms with Crippen LogP contribution in [0.25, 0.3) is 0 Å². The number of nitrogens with zero attached hydrogens (tertiary/aromatic N) is 3. The summed E-state index contributed by atoms with van der Waals surface area (Å²) in [7, 11) is 0. The molecule has 0 unspecified atom stereocenters. The molecule has 2 fully saturated rings. The number of carbonyl (C=O) groups excluding carboxylic acids is 3. The van der Waals surface area contributed by atoms with Crippen LogP contribution >= 0.6 is 11.6 Å². The van der Waals surface area contributed by atoms with Gasteiger partial charge in [0, 0.05) is 74.1 Å². The van der Waals surface area contributed by atoms with Gasteiger partial charge in [-0.2, -0.15) is 0 Å². The number of hydrogen-bond donors (Lipinski definition) is 2. The summed E-state index contributed by atoms with van der Waals surface area (Å²) in [6.45, 7) is 5.31. The van der Waals surface area contributed by atoms with Crippen molar-refractivity contribution in [3.8, 4) is 0 Å². The lowest BCUT2D eigenvalue weighted by Gasteiger charge is -2.29. The van der Waals surface area contributed by atoms with E-state index in [-0.39, 0.29) is 17.7 Å². The molecule has 9 heteroatoms. The molecule has 0 aliphatic carbocycles. The number of nitrogens with one attached hydrogen (secondary N) is 2. The fourth-order valence-corrected chi connectivity index (χ4v) is 5.23. The van der Waals surface area contributed by atoms with E-state index < -0.39 is 0 Å². The normalized spacial score (nSPS) is 16.0. The number of amides is 3. The summed E-state index contributed by atoms with van der Waals surface area (Å²) in [5.41, 5.74) is 3.01. The first kappa shape index (κ1) is 26.7. The van der Waals surface area contributed by atoms with E-state index in [2.05, 4.69) is 15.5 Å². The summed E-state index contributed by atoms with van der Waals surface area (Å²) in [6.07, 6.45) is 0.779. The van der Waals surface area contributed by atoms with E-state index >= 15 is 0 Å². The van der Waals surface area contributed by atoms with Crippen LogP contribution in [-0.4, -0.2) is 79.9 Å². The molecule has 3 aromatic carbocycles. The Hall–Kier alpha value is -3.88. The van der Waals surface area contributed by atoms with Crippen molar-refractivity contribution in [3.05, 3.63) is 94.5 Å². The highest BCUT2D eigenvalue weighted by molar-refractivity contribution is 6.31. The van der Waals surface area contributed by atoms with Crippen molar-refractivity contribution in [1.29, 1.82) is 0 Å². The predicted molar refractivity (Wildman–Crippen MR) is 154 cm³/mol. The Morgan fingerprint density at radius 1 is 0.692 bits per heavy atom. The van der Waals surface area contributed by atoms with Gasteiger partial charge in [0.2, 0.25) is 0 Å². The lowest BCUT2D eigenvalue weighted by molar-refractivity contribution is 0.0734. The molecule has 0 atom stereocenters. The summed E-state index contributed by atoms with van der Waals surface area (Å²) in [5.74, 6) is -0.345. The van der Waals surface area contributed by atoms with Gasteiger partial charge in [0.1, 0.15) is 0 Å². The molecule has 0 saturated carbocycles. The van der Waals surface area contributed by atoms with Gasteiger partial charge in [-0.15, -0.1) is 0 Å². The van der Waals surface area contributed by atoms with E-state index in [1.807, 2.05) is 52.3 Å². The Labute approximate surface area is 233 Å². The maximum atomic E-state index is 13.3. The van der Waals surface area contributed by atoms with Crippen LogP contribution in [0.2, 0.25) is 5.02 Å². The highest BCUT2D eigenvalue weighted by Crippen LogP contribution is 2.30. The fraction of sp³-hybridized carbons (Fsp3) is 0.300. The van der Waals surface area contributed by atoms with Crippen LogP contribution in [0.1, 0.15) is 37.5 Å². The molecule has 0 bridgehead atoms. The maximum absolute atomic E-state index is 13.3. The van der Waals surface area contributed by atoms with E-state index in [9.17, 15) is 14.4 Å². The summed E-state index contributed by atoms with van der Waals surface area (Å²) in [5, 5.41) is 6.77. The summed E-state index contributed by atoms with van der Waals surface area (Å²) < 4.78 is 0. The molecule has 202 valence electrons. The Kier molecular flexibility index (Phi) is 8.44. The minimum Gasteiger partial charge on any atom is -0.368 e. The first-order chi connectivity index (χ1) is 19.0. The van der Waals surface area contributed by atoms with Crippen molar-refractivity contribution >= 4 is 40.7 Å². The molecule has 3 aromatic rings. The quantitative estimate of drug-likeness (QED) is 0.506. The van der Waals surface area contributed by atoms with Gasteiger partial charge in [-0.1, -0.05) is 35.9 Å². The zero-order chi connectivity index (χ0) is 27.2. The summed E-state index contributed by atoms with van der Waals surface area (Å²) >= 11 is 6.12. The minimum atomic E-state index is -0.304. The second-order valence-electron chi connectivity index (χ2n) is 9.74. The molecule has 2 aliphatic rings. The van der Waals surface area contributed by atoms with Gasteiger partial charge in [0.25, 0.3) is 17.7 Å². The lowest BCUT2D eigenvalue weighted by Crippen LogP contribution is -2.46. The molecule has 39 heavy (non-hydrogen) atoms. The van der Waals surface area contributed by atoms with Crippen molar-refractivity contribution < 1.29 is 14.4 Å². The predicted octanol–water partition coefficient (Wildman–Crippen LogP) is 3.99. The second-order valence-corrected chi connectivity index (χ2v) is 10.2. The van der Waals surface area contributed by atoms with Crippen LogP contribution in [0.15, 0.2) is 72.8 Å². The molecule has 5 rings (SSSR count). The van der Waals surface area contributed by atoms with Crippen molar-refractivity contribution in [2.45, 2.75) is 6.42 Å². The van der Waals surface area contributed by atoms with Crippen molar-refractivity contribution in [3.63, 3.8) is 0 Å². The first-order valence-corrected chi connectivity index (χ1v) is 13.7. The Balaban J connectivity index is 1.40. The molecular weight excluding hydrogens is 514 g/mol. The lowest BCUT2D eigenvalue weighted by atomic mass is 10.1. The summed E-state index contributed by atoms with van der Waals surface area (Å²) in [6, 6.07) is 21.6. The molecular formula is C30H32ClN5O3. The molecule has 3 amide bonds. The highest BCUT2D eigenvalue weighted by atomic mass is 35.5. The Morgan fingerprint density at radius 3 is 2.18 bits per heavy atom. The molecule has 0 radical (unpaired) electrons. The van der Waals surface area contributed by atoms with Crippen LogP contribution in [0.5, 0.6) is 0 Å². The molecule has 2 aliphatic heterocycles. The number of carbonyl (C=O) groups is 3. The van der Waals surface area contributed by atoms with Crippen LogP contribution in [-0.2, 0) is 0 Å². The SMILES string of the molecule is O=C(Nc1cc(C(=O)N2CCNCC2)ccc1N1CCCN(C(=O)c2ccccc2)CC1)c1cccc(Cl)c1. The van der Waals surface area contributed by atoms with Gasteiger partial charge in [0.15, 0.2) is 0 Å². The van der Waals surface area contributed by atoms with Gasteiger partial charge in [-0.05, 0) is 55.0 Å². The van der Waals surface area contributed by atoms with E-state index in [0.29, 0.717) is 66.7 Å². The van der Waals surface area contributed by atoms with Crippen molar-refractivity contribution in [2.75, 3.05) is 62.6 Å². The molecule has 2 saturated heterocycles. The zero-order valence-corrected chi connectivity index (χ0v) is 22.5. The third-order valence-corrected chi connectivity index (χ3v) is 7.36. The number of halogens is 1. The largest absolute Gasteiger partial charge is 0.368 e. The number of piperazine rings is 1. The Morgan fingerprint density at radius 2 is 1.41 bits per heavy atom. The van der Waals surface area contributed by atoms with Crippen LogP contribution < -0.4 is 15.5 Å². The number of hydrogen-bond acceptors (Lipinski definition) is 5. The van der Waals surface area contributed by atoms with Crippen molar-refractivity contribution in [2.24, 2.45) is 0 Å². The van der Waals surface area contributed by atoms with Gasteiger partial charge >= 0.3 is 0 Å². The van der Waals surface area contributed by atoms with E-state index in [1.54, 1.807) is 30.3 Å². The standard InChI is InChI=1S/C30H32ClN5O3/c31-25-9-4-8-23(20-25)28(37)33-26-21-24(30(39)36-16-12-32-13-17-36)10-11-27(26)34-14-5-15-35(19-18-34)29(38)22-6-2-1-3-7-22/h1-4,6-11,20-21,32H,5,12-19H2,(H,33,37). The average Bonchev–Trinajstić information content (AvgIpc) is 3.23. The van der Waals surface area contributed by atoms with Gasteiger partial charge in [-0.3, -0.25) is 14.4 Å². The van der Waals surface area contributed by atoms with E-state index in [0.717, 1.165) is 25.2 Å². The van der Waals surface area contributed by atoms with Gasteiger partial charge < -0.3 is 25.3 Å². The van der Waals surface area contributed by atoms with Gasteiger partial charge in [-0.25, -0.2) is 0 Å². The number of benzene rings is 3. The van der Waals surface area contributed by atoms with E-state index in [4.69, 9.17) is 11.6 Å². The Bertz CT molecular complexity index is 1340. The smallest absolute Gasteiger partial charge is 0.255 e. The van der Waals surface area contributed by atoms with Crippen molar-refractivity contribution in [1.82, 2.24) is 15.1 Å². The number of rotatable bonds is 5. The van der Waals surface area contributed by atoms with Crippen LogP contribution in [0, 0.1) is 0 Å². The third-order valence-electron chi connectivity index (χ3n) is 7.13.